The second-order valence-electron chi connectivity index (χ2n) is 16.1. The lowest BCUT2D eigenvalue weighted by Crippen LogP contribution is -2.51. The van der Waals surface area contributed by atoms with Crippen molar-refractivity contribution in [3.63, 3.8) is 0 Å². The number of nitrogens with one attached hydrogen (secondary N) is 1. The minimum Gasteiger partial charge on any atom is -0.497 e. The van der Waals surface area contributed by atoms with E-state index in [4.69, 9.17) is 14.2 Å². The first-order valence-electron chi connectivity index (χ1n) is 19.5. The van der Waals surface area contributed by atoms with E-state index in [1.165, 1.54) is 24.8 Å². The fourth-order valence-electron chi connectivity index (χ4n) is 7.56. The summed E-state index contributed by atoms with van der Waals surface area (Å²) in [5.41, 5.74) is 5.31. The number of piperazine rings is 1. The van der Waals surface area contributed by atoms with E-state index in [1.807, 2.05) is 85.7 Å². The predicted octanol–water partition coefficient (Wildman–Crippen LogP) is 8.41. The first-order chi connectivity index (χ1) is 25.2. The molecule has 53 heavy (non-hydrogen) atoms. The van der Waals surface area contributed by atoms with Crippen LogP contribution >= 0.6 is 0 Å². The summed E-state index contributed by atoms with van der Waals surface area (Å²) in [6.07, 6.45) is 7.54. The third kappa shape index (κ3) is 9.63. The average molecular weight is 729 g/mol. The summed E-state index contributed by atoms with van der Waals surface area (Å²) in [7, 11) is 1.66. The van der Waals surface area contributed by atoms with Crippen molar-refractivity contribution >= 4 is 34.9 Å². The molecule has 0 bridgehead atoms. The van der Waals surface area contributed by atoms with Crippen molar-refractivity contribution in [1.82, 2.24) is 19.7 Å². The molecule has 2 aliphatic heterocycles. The zero-order valence-corrected chi connectivity index (χ0v) is 33.4. The largest absolute Gasteiger partial charge is 0.497 e. The molecular weight excluding hydrogens is 668 g/mol. The van der Waals surface area contributed by atoms with Crippen LogP contribution in [0.2, 0.25) is 0 Å². The van der Waals surface area contributed by atoms with Gasteiger partial charge in [-0.25, -0.2) is 9.59 Å². The molecule has 2 amide bonds. The van der Waals surface area contributed by atoms with Crippen molar-refractivity contribution in [2.45, 2.75) is 111 Å². The summed E-state index contributed by atoms with van der Waals surface area (Å²) in [4.78, 5) is 43.8. The molecule has 1 aliphatic carbocycles. The van der Waals surface area contributed by atoms with E-state index in [-0.39, 0.29) is 18.0 Å². The van der Waals surface area contributed by atoms with Crippen LogP contribution in [0.15, 0.2) is 42.0 Å². The van der Waals surface area contributed by atoms with E-state index >= 15 is 0 Å². The SMILES string of the molecule is CC.COc1ccc2c(c1)C=C(C(=O)NCCN1CCN(C(=O)OC(C)(C)C)CC1)Cn1c-2c(C2CCCCC2)c2ccc(C(=O)OC(C)(C)C)cc21. The van der Waals surface area contributed by atoms with E-state index in [0.717, 1.165) is 46.3 Å². The number of nitrogens with zero attached hydrogens (tertiary/aromatic N) is 3. The van der Waals surface area contributed by atoms with Gasteiger partial charge in [-0.3, -0.25) is 9.69 Å². The van der Waals surface area contributed by atoms with Crippen molar-refractivity contribution in [2.24, 2.45) is 0 Å². The highest BCUT2D eigenvalue weighted by molar-refractivity contribution is 6.03. The molecule has 0 spiro atoms. The molecule has 10 nitrogen and oxygen atoms in total. The molecule has 1 aromatic heterocycles. The Morgan fingerprint density at radius 2 is 1.53 bits per heavy atom. The van der Waals surface area contributed by atoms with Gasteiger partial charge in [0.15, 0.2) is 0 Å². The maximum absolute atomic E-state index is 14.0. The first kappa shape index (κ1) is 39.9. The fourth-order valence-corrected chi connectivity index (χ4v) is 7.56. The number of methoxy groups -OCH3 is 1. The lowest BCUT2D eigenvalue weighted by atomic mass is 9.81. The van der Waals surface area contributed by atoms with Crippen molar-refractivity contribution < 1.29 is 28.6 Å². The first-order valence-corrected chi connectivity index (χ1v) is 19.5. The predicted molar refractivity (Wildman–Crippen MR) is 212 cm³/mol. The number of ether oxygens (including phenoxy) is 3. The molecule has 2 aromatic carbocycles. The van der Waals surface area contributed by atoms with Gasteiger partial charge in [0, 0.05) is 61.3 Å². The molecular formula is C43H60N4O6. The molecule has 1 N–H and O–H groups in total. The molecule has 1 saturated heterocycles. The number of hydrogen-bond donors (Lipinski definition) is 1. The number of hydrogen-bond acceptors (Lipinski definition) is 7. The zero-order chi connectivity index (χ0) is 38.5. The number of rotatable bonds is 7. The molecule has 2 fully saturated rings. The van der Waals surface area contributed by atoms with Crippen LogP contribution in [-0.4, -0.2) is 89.9 Å². The monoisotopic (exact) mass is 728 g/mol. The molecule has 0 unspecified atom stereocenters. The highest BCUT2D eigenvalue weighted by atomic mass is 16.6. The van der Waals surface area contributed by atoms with Crippen molar-refractivity contribution in [1.29, 1.82) is 0 Å². The Morgan fingerprint density at radius 3 is 2.17 bits per heavy atom. The Hall–Kier alpha value is -4.31. The standard InChI is InChI=1S/C41H54N4O6.C2H6/c1-40(2,3)50-38(47)28-13-15-33-34(25-28)45-26-30(37(46)42-17-18-43-19-21-44(22-20-43)39(48)51-41(4,5)6)23-29-24-31(49-7)14-16-32(29)36(45)35(33)27-11-9-8-10-12-27;1-2/h13-16,23-25,27H,8-12,17-22,26H2,1-7H3,(H,42,46);1-2H3. The number of amides is 2. The summed E-state index contributed by atoms with van der Waals surface area (Å²) in [5.74, 6) is 0.615. The van der Waals surface area contributed by atoms with Gasteiger partial charge in [-0.1, -0.05) is 39.2 Å². The van der Waals surface area contributed by atoms with E-state index < -0.39 is 11.2 Å². The van der Waals surface area contributed by atoms with Gasteiger partial charge in [0.25, 0.3) is 0 Å². The van der Waals surface area contributed by atoms with Gasteiger partial charge >= 0.3 is 12.1 Å². The molecule has 0 radical (unpaired) electrons. The Balaban J connectivity index is 0.00000266. The minimum absolute atomic E-state index is 0.131. The number of aromatic nitrogens is 1. The maximum atomic E-state index is 14.0. The highest BCUT2D eigenvalue weighted by Crippen LogP contribution is 2.47. The third-order valence-corrected chi connectivity index (χ3v) is 9.95. The molecule has 10 heteroatoms. The lowest BCUT2D eigenvalue weighted by Gasteiger charge is -2.35. The number of fused-ring (bicyclic) bond motifs is 5. The summed E-state index contributed by atoms with van der Waals surface area (Å²) in [5, 5.41) is 4.31. The number of benzene rings is 2. The molecule has 0 atom stereocenters. The van der Waals surface area contributed by atoms with Crippen LogP contribution in [0.5, 0.6) is 5.75 Å². The van der Waals surface area contributed by atoms with Crippen LogP contribution in [-0.2, 0) is 20.8 Å². The second-order valence-corrected chi connectivity index (χ2v) is 16.1. The summed E-state index contributed by atoms with van der Waals surface area (Å²) < 4.78 is 19.2. The number of esters is 1. The smallest absolute Gasteiger partial charge is 0.410 e. The van der Waals surface area contributed by atoms with Crippen molar-refractivity contribution in [2.75, 3.05) is 46.4 Å². The number of carbonyl (C=O) groups is 3. The van der Waals surface area contributed by atoms with Gasteiger partial charge in [-0.2, -0.15) is 0 Å². The Morgan fingerprint density at radius 1 is 0.849 bits per heavy atom. The van der Waals surface area contributed by atoms with Crippen LogP contribution < -0.4 is 10.1 Å². The summed E-state index contributed by atoms with van der Waals surface area (Å²) in [6, 6.07) is 12.0. The Kier molecular flexibility index (Phi) is 12.6. The summed E-state index contributed by atoms with van der Waals surface area (Å²) >= 11 is 0. The third-order valence-electron chi connectivity index (χ3n) is 9.95. The number of carbonyl (C=O) groups excluding carboxylic acids is 3. The van der Waals surface area contributed by atoms with Crippen molar-refractivity contribution in [3.05, 3.63) is 58.7 Å². The van der Waals surface area contributed by atoms with E-state index in [2.05, 4.69) is 26.9 Å². The van der Waals surface area contributed by atoms with Crippen LogP contribution in [0.1, 0.15) is 115 Å². The van der Waals surface area contributed by atoms with E-state index in [0.29, 0.717) is 62.9 Å². The zero-order valence-electron chi connectivity index (χ0n) is 33.4. The van der Waals surface area contributed by atoms with E-state index in [1.54, 1.807) is 12.0 Å². The van der Waals surface area contributed by atoms with Gasteiger partial charge in [-0.15, -0.1) is 0 Å². The van der Waals surface area contributed by atoms with Gasteiger partial charge in [-0.05, 0) is 108 Å². The molecule has 3 aliphatic rings. The van der Waals surface area contributed by atoms with Gasteiger partial charge in [0.05, 0.1) is 24.9 Å². The highest BCUT2D eigenvalue weighted by Gasteiger charge is 2.31. The molecule has 6 rings (SSSR count). The van der Waals surface area contributed by atoms with Crippen LogP contribution in [0.3, 0.4) is 0 Å². The molecule has 288 valence electrons. The Labute approximate surface area is 315 Å². The van der Waals surface area contributed by atoms with Crippen LogP contribution in [0.25, 0.3) is 28.2 Å². The van der Waals surface area contributed by atoms with Crippen LogP contribution in [0, 0.1) is 0 Å². The molecule has 1 saturated carbocycles. The molecule has 3 heterocycles. The maximum Gasteiger partial charge on any atom is 0.410 e. The summed E-state index contributed by atoms with van der Waals surface area (Å²) in [6.45, 7) is 19.4. The Bertz CT molecular complexity index is 1810. The quantitative estimate of drug-likeness (QED) is 0.244. The van der Waals surface area contributed by atoms with Crippen molar-refractivity contribution in [3.8, 4) is 17.0 Å². The average Bonchev–Trinajstić information content (AvgIpc) is 3.33. The normalized spacial score (nSPS) is 16.7. The van der Waals surface area contributed by atoms with Crippen LogP contribution in [0.4, 0.5) is 4.79 Å². The molecule has 3 aromatic rings. The minimum atomic E-state index is -0.618. The lowest BCUT2D eigenvalue weighted by molar-refractivity contribution is -0.117. The van der Waals surface area contributed by atoms with E-state index in [9.17, 15) is 14.4 Å². The topological polar surface area (TPSA) is 102 Å². The van der Waals surface area contributed by atoms with Gasteiger partial charge in [0.2, 0.25) is 5.91 Å². The van der Waals surface area contributed by atoms with Gasteiger partial charge < -0.3 is 29.0 Å². The second kappa shape index (κ2) is 16.8. The fraction of sp³-hybridized carbons (Fsp3) is 0.558. The van der Waals surface area contributed by atoms with Gasteiger partial charge in [0.1, 0.15) is 17.0 Å².